The van der Waals surface area contributed by atoms with Crippen molar-refractivity contribution in [1.29, 1.82) is 0 Å². The second kappa shape index (κ2) is 5.01. The van der Waals surface area contributed by atoms with Gasteiger partial charge in [0, 0.05) is 6.04 Å². The van der Waals surface area contributed by atoms with E-state index in [1.807, 2.05) is 18.2 Å². The molecule has 3 rings (SSSR count). The first-order valence-corrected chi connectivity index (χ1v) is 7.06. The van der Waals surface area contributed by atoms with Crippen molar-refractivity contribution < 1.29 is 0 Å². The zero-order chi connectivity index (χ0) is 12.4. The molecule has 3 heteroatoms. The third-order valence-electron chi connectivity index (χ3n) is 4.09. The number of nitrogens with one attached hydrogen (secondary N) is 2. The molecule has 2 unspecified atom stereocenters. The molecule has 2 aromatic rings. The zero-order valence-electron chi connectivity index (χ0n) is 10.9. The van der Waals surface area contributed by atoms with Gasteiger partial charge in [-0.15, -0.1) is 0 Å². The second-order valence-corrected chi connectivity index (χ2v) is 5.38. The Labute approximate surface area is 108 Å². The second-order valence-electron chi connectivity index (χ2n) is 5.38. The van der Waals surface area contributed by atoms with E-state index in [0.717, 1.165) is 22.9 Å². The molecular weight excluding hydrogens is 222 g/mol. The van der Waals surface area contributed by atoms with Gasteiger partial charge in [-0.25, -0.2) is 4.98 Å². The first-order valence-electron chi connectivity index (χ1n) is 7.06. The summed E-state index contributed by atoms with van der Waals surface area (Å²) in [5, 5.41) is 3.57. The summed E-state index contributed by atoms with van der Waals surface area (Å²) in [5.74, 6) is 1.82. The molecule has 18 heavy (non-hydrogen) atoms. The third-order valence-corrected chi connectivity index (χ3v) is 4.09. The van der Waals surface area contributed by atoms with Gasteiger partial charge in [0.05, 0.1) is 11.0 Å². The molecule has 2 atom stereocenters. The molecule has 3 nitrogen and oxygen atoms in total. The molecule has 0 aliphatic heterocycles. The van der Waals surface area contributed by atoms with Crippen molar-refractivity contribution in [1.82, 2.24) is 9.97 Å². The van der Waals surface area contributed by atoms with Gasteiger partial charge in [0.2, 0.25) is 5.95 Å². The fourth-order valence-electron chi connectivity index (χ4n) is 3.01. The highest BCUT2D eigenvalue weighted by molar-refractivity contribution is 5.77. The summed E-state index contributed by atoms with van der Waals surface area (Å²) < 4.78 is 0. The highest BCUT2D eigenvalue weighted by Crippen LogP contribution is 2.28. The number of aromatic nitrogens is 2. The fraction of sp³-hybridized carbons (Fsp3) is 0.533. The molecule has 0 amide bonds. The number of H-pyrrole nitrogens is 1. The van der Waals surface area contributed by atoms with E-state index in [4.69, 9.17) is 0 Å². The van der Waals surface area contributed by atoms with Gasteiger partial charge in [0.1, 0.15) is 0 Å². The lowest BCUT2D eigenvalue weighted by Gasteiger charge is -2.28. The van der Waals surface area contributed by atoms with Crippen LogP contribution in [0.15, 0.2) is 24.3 Å². The van der Waals surface area contributed by atoms with E-state index in [-0.39, 0.29) is 0 Å². The summed E-state index contributed by atoms with van der Waals surface area (Å²) in [6.07, 6.45) is 6.60. The molecule has 0 spiro atoms. The van der Waals surface area contributed by atoms with E-state index >= 15 is 0 Å². The molecule has 1 aliphatic carbocycles. The number of anilines is 1. The number of nitrogens with zero attached hydrogens (tertiary/aromatic N) is 1. The lowest BCUT2D eigenvalue weighted by atomic mass is 9.84. The molecule has 1 aromatic heterocycles. The summed E-state index contributed by atoms with van der Waals surface area (Å²) in [5.41, 5.74) is 2.16. The van der Waals surface area contributed by atoms with E-state index in [1.165, 1.54) is 32.1 Å². The highest BCUT2D eigenvalue weighted by Gasteiger charge is 2.21. The average Bonchev–Trinajstić information content (AvgIpc) is 2.81. The first-order chi connectivity index (χ1) is 8.85. The van der Waals surface area contributed by atoms with E-state index in [2.05, 4.69) is 28.3 Å². The van der Waals surface area contributed by atoms with E-state index in [9.17, 15) is 0 Å². The molecule has 1 saturated carbocycles. The SMILES string of the molecule is CCC1CCCC(Nc2nc3ccccc3[nH]2)C1. The van der Waals surface area contributed by atoms with Crippen molar-refractivity contribution in [2.24, 2.45) is 5.92 Å². The Morgan fingerprint density at radius 2 is 2.22 bits per heavy atom. The molecule has 0 radical (unpaired) electrons. The van der Waals surface area contributed by atoms with Crippen LogP contribution < -0.4 is 5.32 Å². The highest BCUT2D eigenvalue weighted by atomic mass is 15.1. The lowest BCUT2D eigenvalue weighted by Crippen LogP contribution is -2.27. The van der Waals surface area contributed by atoms with Crippen LogP contribution in [0.4, 0.5) is 5.95 Å². The monoisotopic (exact) mass is 243 g/mol. The maximum atomic E-state index is 4.59. The number of imidazole rings is 1. The summed E-state index contributed by atoms with van der Waals surface area (Å²) in [6.45, 7) is 2.30. The predicted molar refractivity (Wildman–Crippen MR) is 75.8 cm³/mol. The van der Waals surface area contributed by atoms with E-state index < -0.39 is 0 Å². The van der Waals surface area contributed by atoms with E-state index in [0.29, 0.717) is 6.04 Å². The standard InChI is InChI=1S/C15H21N3/c1-2-11-6-5-7-12(10-11)16-15-17-13-8-3-4-9-14(13)18-15/h3-4,8-9,11-12H,2,5-7,10H2,1H3,(H2,16,17,18). The topological polar surface area (TPSA) is 40.7 Å². The molecule has 1 aromatic carbocycles. The van der Waals surface area contributed by atoms with Gasteiger partial charge in [-0.1, -0.05) is 38.3 Å². The number of hydrogen-bond donors (Lipinski definition) is 2. The Morgan fingerprint density at radius 3 is 3.06 bits per heavy atom. The van der Waals surface area contributed by atoms with Gasteiger partial charge < -0.3 is 10.3 Å². The van der Waals surface area contributed by atoms with Gasteiger partial charge in [-0.05, 0) is 30.9 Å². The maximum absolute atomic E-state index is 4.59. The van der Waals surface area contributed by atoms with Crippen LogP contribution in [0.25, 0.3) is 11.0 Å². The third kappa shape index (κ3) is 2.35. The van der Waals surface area contributed by atoms with Crippen molar-refractivity contribution in [3.05, 3.63) is 24.3 Å². The van der Waals surface area contributed by atoms with Gasteiger partial charge in [-0.2, -0.15) is 0 Å². The Morgan fingerprint density at radius 1 is 1.33 bits per heavy atom. The van der Waals surface area contributed by atoms with Crippen LogP contribution in [0.3, 0.4) is 0 Å². The number of fused-ring (bicyclic) bond motifs is 1. The van der Waals surface area contributed by atoms with Gasteiger partial charge in [0.25, 0.3) is 0 Å². The minimum Gasteiger partial charge on any atom is -0.353 e. The molecule has 0 bridgehead atoms. The van der Waals surface area contributed by atoms with Crippen molar-refractivity contribution in [2.45, 2.75) is 45.1 Å². The summed E-state index contributed by atoms with van der Waals surface area (Å²) >= 11 is 0. The average molecular weight is 243 g/mol. The minimum atomic E-state index is 0.587. The molecule has 2 N–H and O–H groups in total. The Kier molecular flexibility index (Phi) is 3.22. The van der Waals surface area contributed by atoms with Gasteiger partial charge in [-0.3, -0.25) is 0 Å². The van der Waals surface area contributed by atoms with Crippen LogP contribution in [0.5, 0.6) is 0 Å². The minimum absolute atomic E-state index is 0.587. The summed E-state index contributed by atoms with van der Waals surface area (Å²) in [7, 11) is 0. The van der Waals surface area contributed by atoms with Crippen LogP contribution in [-0.2, 0) is 0 Å². The fourth-order valence-corrected chi connectivity index (χ4v) is 3.01. The Balaban J connectivity index is 1.71. The Bertz CT molecular complexity index is 484. The van der Waals surface area contributed by atoms with Crippen molar-refractivity contribution in [2.75, 3.05) is 5.32 Å². The zero-order valence-corrected chi connectivity index (χ0v) is 10.9. The van der Waals surface area contributed by atoms with Gasteiger partial charge >= 0.3 is 0 Å². The Hall–Kier alpha value is -1.51. The van der Waals surface area contributed by atoms with Crippen LogP contribution >= 0.6 is 0 Å². The molecule has 0 saturated heterocycles. The normalized spacial score (nSPS) is 24.3. The number of benzene rings is 1. The maximum Gasteiger partial charge on any atom is 0.201 e. The summed E-state index contributed by atoms with van der Waals surface area (Å²) in [6, 6.07) is 8.78. The first kappa shape index (κ1) is 11.6. The smallest absolute Gasteiger partial charge is 0.201 e. The molecular formula is C15H21N3. The number of hydrogen-bond acceptors (Lipinski definition) is 2. The number of rotatable bonds is 3. The molecule has 96 valence electrons. The lowest BCUT2D eigenvalue weighted by molar-refractivity contribution is 0.326. The molecule has 1 aliphatic rings. The molecule has 1 heterocycles. The quantitative estimate of drug-likeness (QED) is 0.857. The number of para-hydroxylation sites is 2. The van der Waals surface area contributed by atoms with Crippen LogP contribution in [0.2, 0.25) is 0 Å². The number of aromatic amines is 1. The van der Waals surface area contributed by atoms with Gasteiger partial charge in [0.15, 0.2) is 0 Å². The van der Waals surface area contributed by atoms with Crippen LogP contribution in [-0.4, -0.2) is 16.0 Å². The molecule has 1 fully saturated rings. The van der Waals surface area contributed by atoms with Crippen molar-refractivity contribution in [3.63, 3.8) is 0 Å². The largest absolute Gasteiger partial charge is 0.353 e. The van der Waals surface area contributed by atoms with Crippen molar-refractivity contribution >= 4 is 17.0 Å². The van der Waals surface area contributed by atoms with E-state index in [1.54, 1.807) is 0 Å². The predicted octanol–water partition coefficient (Wildman–Crippen LogP) is 3.94. The van der Waals surface area contributed by atoms with Crippen LogP contribution in [0, 0.1) is 5.92 Å². The van der Waals surface area contributed by atoms with Crippen LogP contribution in [0.1, 0.15) is 39.0 Å². The summed E-state index contributed by atoms with van der Waals surface area (Å²) in [4.78, 5) is 7.94. The van der Waals surface area contributed by atoms with Crippen molar-refractivity contribution in [3.8, 4) is 0 Å².